The summed E-state index contributed by atoms with van der Waals surface area (Å²) in [6, 6.07) is 18.1. The van der Waals surface area contributed by atoms with Crippen molar-refractivity contribution in [3.05, 3.63) is 91.3 Å². The van der Waals surface area contributed by atoms with E-state index in [1.165, 1.54) is 18.0 Å². The van der Waals surface area contributed by atoms with Gasteiger partial charge in [-0.1, -0.05) is 57.6 Å². The average molecular weight is 502 g/mol. The van der Waals surface area contributed by atoms with Crippen molar-refractivity contribution >= 4 is 44.1 Å². The van der Waals surface area contributed by atoms with Gasteiger partial charge >= 0.3 is 5.00 Å². The number of nitro groups is 1. The summed E-state index contributed by atoms with van der Waals surface area (Å²) in [5.41, 5.74) is 1.56. The summed E-state index contributed by atoms with van der Waals surface area (Å²) < 4.78 is 12.8. The molecule has 158 valence electrons. The molecule has 4 rings (SSSR count). The number of thiophene rings is 1. The van der Waals surface area contributed by atoms with Crippen molar-refractivity contribution in [1.82, 2.24) is 5.01 Å². The summed E-state index contributed by atoms with van der Waals surface area (Å²) in [4.78, 5) is 23.2. The number of nitrogens with zero attached hydrogens (tertiary/aromatic N) is 3. The second-order valence-corrected chi connectivity index (χ2v) is 8.60. The minimum absolute atomic E-state index is 0.0371. The van der Waals surface area contributed by atoms with Crippen molar-refractivity contribution in [3.63, 3.8) is 0 Å². The lowest BCUT2D eigenvalue weighted by molar-refractivity contribution is -0.380. The molecule has 1 atom stereocenters. The van der Waals surface area contributed by atoms with Crippen LogP contribution >= 0.6 is 27.3 Å². The first-order valence-corrected chi connectivity index (χ1v) is 10.8. The Labute approximate surface area is 190 Å². The lowest BCUT2D eigenvalue weighted by Gasteiger charge is -2.17. The van der Waals surface area contributed by atoms with Crippen LogP contribution in [0.2, 0.25) is 0 Å². The number of hydrazone groups is 1. The van der Waals surface area contributed by atoms with Crippen LogP contribution < -0.4 is 4.74 Å². The quantitative estimate of drug-likeness (QED) is 0.340. The van der Waals surface area contributed by atoms with Gasteiger partial charge in [-0.2, -0.15) is 5.01 Å². The molecule has 0 fully saturated rings. The molecule has 2 aromatic carbocycles. The first-order valence-electron chi connectivity index (χ1n) is 9.18. The highest BCUT2D eigenvalue weighted by Gasteiger charge is 2.36. The smallest absolute Gasteiger partial charge is 0.324 e. The molecular formula is C21H16BrN3O5S. The molecule has 1 aliphatic rings. The first-order chi connectivity index (χ1) is 14.9. The van der Waals surface area contributed by atoms with Gasteiger partial charge in [-0.3, -0.25) is 14.9 Å². The third-order valence-corrected chi connectivity index (χ3v) is 5.97. The summed E-state index contributed by atoms with van der Waals surface area (Å²) in [6.45, 7) is 1.71. The Bertz CT molecular complexity index is 1160. The summed E-state index contributed by atoms with van der Waals surface area (Å²) in [6.07, 6.45) is -0.882. The predicted molar refractivity (Wildman–Crippen MR) is 119 cm³/mol. The van der Waals surface area contributed by atoms with Gasteiger partial charge in [0.15, 0.2) is 0 Å². The van der Waals surface area contributed by atoms with E-state index in [0.717, 1.165) is 21.4 Å². The van der Waals surface area contributed by atoms with Crippen LogP contribution in [0.3, 0.4) is 0 Å². The van der Waals surface area contributed by atoms with E-state index >= 15 is 0 Å². The van der Waals surface area contributed by atoms with Crippen LogP contribution in [0.4, 0.5) is 5.00 Å². The van der Waals surface area contributed by atoms with E-state index in [1.807, 2.05) is 36.4 Å². The third-order valence-electron chi connectivity index (χ3n) is 4.41. The first kappa shape index (κ1) is 21.0. The molecule has 8 nitrogen and oxygen atoms in total. The number of carbonyl (C=O) groups is 1. The Hall–Kier alpha value is -3.24. The van der Waals surface area contributed by atoms with Crippen molar-refractivity contribution in [2.45, 2.75) is 19.8 Å². The Kier molecular flexibility index (Phi) is 6.01. The van der Waals surface area contributed by atoms with Crippen LogP contribution in [0.1, 0.15) is 29.2 Å². The molecule has 0 aliphatic carbocycles. The van der Waals surface area contributed by atoms with Gasteiger partial charge in [-0.25, -0.2) is 0 Å². The zero-order valence-electron chi connectivity index (χ0n) is 16.2. The highest BCUT2D eigenvalue weighted by atomic mass is 79.9. The second kappa shape index (κ2) is 8.86. The molecule has 31 heavy (non-hydrogen) atoms. The van der Waals surface area contributed by atoms with Crippen LogP contribution in [0.5, 0.6) is 5.75 Å². The van der Waals surface area contributed by atoms with Crippen LogP contribution in [0.15, 0.2) is 70.2 Å². The van der Waals surface area contributed by atoms with Crippen molar-refractivity contribution in [2.24, 2.45) is 5.10 Å². The maximum Gasteiger partial charge on any atom is 0.324 e. The molecule has 2 heterocycles. The zero-order valence-corrected chi connectivity index (χ0v) is 18.6. The minimum Gasteiger partial charge on any atom is -0.488 e. The Morgan fingerprint density at radius 1 is 1.26 bits per heavy atom. The molecule has 1 unspecified atom stereocenters. The molecule has 0 spiro atoms. The minimum atomic E-state index is -0.882. The topological polar surface area (TPSA) is 94.3 Å². The van der Waals surface area contributed by atoms with Crippen LogP contribution in [0.25, 0.3) is 0 Å². The van der Waals surface area contributed by atoms with Crippen molar-refractivity contribution in [3.8, 4) is 5.75 Å². The van der Waals surface area contributed by atoms with Gasteiger partial charge in [-0.05, 0) is 29.8 Å². The van der Waals surface area contributed by atoms with Gasteiger partial charge in [-0.15, -0.1) is 5.10 Å². The molecule has 1 aliphatic heterocycles. The number of rotatable bonds is 6. The highest BCUT2D eigenvalue weighted by molar-refractivity contribution is 9.10. The lowest BCUT2D eigenvalue weighted by Crippen LogP contribution is -2.24. The van der Waals surface area contributed by atoms with Crippen molar-refractivity contribution < 1.29 is 19.2 Å². The predicted octanol–water partition coefficient (Wildman–Crippen LogP) is 5.24. The van der Waals surface area contributed by atoms with E-state index in [0.29, 0.717) is 22.8 Å². The fourth-order valence-corrected chi connectivity index (χ4v) is 4.16. The Morgan fingerprint density at radius 3 is 2.71 bits per heavy atom. The standard InChI is InChI=1S/C21H16BrN3O5S/c1-13(26)24-21(18-9-10-19(31-18)25(27)28)30-20(23-24)16-11-15(22)7-8-17(16)29-12-14-5-3-2-4-6-14/h2-11,21H,12H2,1H3. The molecule has 10 heteroatoms. The Morgan fingerprint density at radius 2 is 2.03 bits per heavy atom. The van der Waals surface area contributed by atoms with Gasteiger partial charge in [0.25, 0.3) is 0 Å². The van der Waals surface area contributed by atoms with Gasteiger partial charge in [0, 0.05) is 17.5 Å². The summed E-state index contributed by atoms with van der Waals surface area (Å²) in [5, 5.41) is 16.5. The number of halogens is 1. The molecule has 1 aromatic heterocycles. The summed E-state index contributed by atoms with van der Waals surface area (Å²) >= 11 is 4.38. The fraction of sp³-hybridized carbons (Fsp3) is 0.143. The molecule has 0 N–H and O–H groups in total. The monoisotopic (exact) mass is 501 g/mol. The second-order valence-electron chi connectivity index (χ2n) is 6.59. The van der Waals surface area contributed by atoms with E-state index < -0.39 is 11.2 Å². The van der Waals surface area contributed by atoms with Crippen LogP contribution in [-0.2, 0) is 16.1 Å². The number of carbonyl (C=O) groups excluding carboxylic acids is 1. The number of hydrogen-bond donors (Lipinski definition) is 0. The third kappa shape index (κ3) is 4.59. The lowest BCUT2D eigenvalue weighted by atomic mass is 10.2. The number of hydrogen-bond acceptors (Lipinski definition) is 7. The normalized spacial score (nSPS) is 15.4. The van der Waals surface area contributed by atoms with E-state index in [2.05, 4.69) is 21.0 Å². The summed E-state index contributed by atoms with van der Waals surface area (Å²) in [7, 11) is 0. The zero-order chi connectivity index (χ0) is 22.0. The molecule has 3 aromatic rings. The van der Waals surface area contributed by atoms with E-state index in [1.54, 1.807) is 18.2 Å². The average Bonchev–Trinajstić information content (AvgIpc) is 3.41. The highest BCUT2D eigenvalue weighted by Crippen LogP contribution is 2.38. The van der Waals surface area contributed by atoms with Crippen molar-refractivity contribution in [1.29, 1.82) is 0 Å². The van der Waals surface area contributed by atoms with Crippen LogP contribution in [0, 0.1) is 10.1 Å². The van der Waals surface area contributed by atoms with Crippen LogP contribution in [-0.4, -0.2) is 21.7 Å². The van der Waals surface area contributed by atoms with Gasteiger partial charge in [0.1, 0.15) is 12.4 Å². The summed E-state index contributed by atoms with van der Waals surface area (Å²) in [5.74, 6) is 0.380. The maximum atomic E-state index is 12.2. The molecule has 0 bridgehead atoms. The Balaban J connectivity index is 1.63. The van der Waals surface area contributed by atoms with Crippen molar-refractivity contribution in [2.75, 3.05) is 0 Å². The molecule has 0 radical (unpaired) electrons. The molecule has 1 amide bonds. The molecule has 0 saturated carbocycles. The number of amides is 1. The molecule has 0 saturated heterocycles. The van der Waals surface area contributed by atoms with E-state index in [4.69, 9.17) is 9.47 Å². The van der Waals surface area contributed by atoms with Gasteiger partial charge in [0.2, 0.25) is 18.0 Å². The van der Waals surface area contributed by atoms with E-state index in [9.17, 15) is 14.9 Å². The maximum absolute atomic E-state index is 12.2. The SMILES string of the molecule is CC(=O)N1N=C(c2cc(Br)ccc2OCc2ccccc2)OC1c1ccc([N+](=O)[O-])s1. The largest absolute Gasteiger partial charge is 0.488 e. The fourth-order valence-electron chi connectivity index (χ4n) is 2.96. The van der Waals surface area contributed by atoms with Gasteiger partial charge < -0.3 is 9.47 Å². The molecular weight excluding hydrogens is 486 g/mol. The van der Waals surface area contributed by atoms with E-state index in [-0.39, 0.29) is 16.8 Å². The number of benzene rings is 2. The number of ether oxygens (including phenoxy) is 2. The van der Waals surface area contributed by atoms with Gasteiger partial charge in [0.05, 0.1) is 15.4 Å².